The summed E-state index contributed by atoms with van der Waals surface area (Å²) in [6, 6.07) is 0. The maximum Gasteiger partial charge on any atom is 0.472 e. The van der Waals surface area contributed by atoms with E-state index in [0.29, 0.717) is 6.42 Å². The van der Waals surface area contributed by atoms with Crippen LogP contribution in [0.15, 0.2) is 72.9 Å². The fraction of sp³-hybridized carbons (Fsp3) is 0.797. The topological polar surface area (TPSA) is 134 Å². The maximum absolute atomic E-state index is 12.8. The molecule has 10 heteroatoms. The number of hydrogen-bond donors (Lipinski definition) is 2. The first-order chi connectivity index (χ1) is 38.8. The Labute approximate surface area is 488 Å². The molecule has 2 atom stereocenters. The Morgan fingerprint density at radius 3 is 1.04 bits per heavy atom. The second-order valence-corrected chi connectivity index (χ2v) is 23.8. The summed E-state index contributed by atoms with van der Waals surface area (Å²) in [7, 11) is -4.39. The van der Waals surface area contributed by atoms with Gasteiger partial charge in [-0.3, -0.25) is 18.6 Å². The molecule has 0 aliphatic heterocycles. The molecular weight excluding hydrogens is 1000 g/mol. The van der Waals surface area contributed by atoms with Crippen molar-refractivity contribution in [2.45, 2.75) is 328 Å². The van der Waals surface area contributed by atoms with Crippen LogP contribution in [0.2, 0.25) is 0 Å². The van der Waals surface area contributed by atoms with Gasteiger partial charge in [0.05, 0.1) is 13.2 Å². The van der Waals surface area contributed by atoms with Gasteiger partial charge in [0.2, 0.25) is 0 Å². The van der Waals surface area contributed by atoms with Crippen LogP contribution in [0, 0.1) is 0 Å². The van der Waals surface area contributed by atoms with Crippen LogP contribution in [-0.4, -0.2) is 49.3 Å². The number of phosphoric acid groups is 1. The minimum absolute atomic E-state index is 0.0531. The Morgan fingerprint density at radius 1 is 0.392 bits per heavy atom. The molecule has 0 bridgehead atoms. The van der Waals surface area contributed by atoms with Crippen LogP contribution >= 0.6 is 7.82 Å². The largest absolute Gasteiger partial charge is 0.472 e. The Balaban J connectivity index is 3.87. The third kappa shape index (κ3) is 64.5. The van der Waals surface area contributed by atoms with Gasteiger partial charge in [-0.25, -0.2) is 4.57 Å². The maximum atomic E-state index is 12.8. The zero-order valence-corrected chi connectivity index (χ0v) is 52.5. The Hall–Kier alpha value is -2.55. The molecule has 9 nitrogen and oxygen atoms in total. The standard InChI is InChI=1S/C69H126NO8P/c1-3-5-7-9-11-13-15-17-19-21-23-25-27-29-31-33-35-37-39-41-43-45-47-49-51-53-55-57-59-61-68(71)75-65-67(66-77-79(73,74)76-64-63-70)78-69(72)62-60-58-56-54-52-50-48-46-44-42-40-38-36-34-32-30-28-26-24-22-20-18-16-14-12-10-8-6-4-2/h6,8,12,14-15,17-18,20-21,23-24,26,67H,3-5,7,9-11,13,16,19,22,25,27-66,70H2,1-2H3,(H,73,74)/b8-6-,14-12-,17-15-,20-18-,23-21-,26-24-. The second-order valence-electron chi connectivity index (χ2n) is 22.3. The van der Waals surface area contributed by atoms with E-state index in [4.69, 9.17) is 24.3 Å². The van der Waals surface area contributed by atoms with Gasteiger partial charge < -0.3 is 20.1 Å². The zero-order valence-electron chi connectivity index (χ0n) is 51.6. The average molecular weight is 1130 g/mol. The van der Waals surface area contributed by atoms with E-state index >= 15 is 0 Å². The van der Waals surface area contributed by atoms with E-state index in [-0.39, 0.29) is 38.6 Å². The lowest BCUT2D eigenvalue weighted by molar-refractivity contribution is -0.161. The Morgan fingerprint density at radius 2 is 0.696 bits per heavy atom. The molecule has 0 amide bonds. The van der Waals surface area contributed by atoms with Crippen LogP contribution in [0.3, 0.4) is 0 Å². The molecule has 0 aromatic carbocycles. The van der Waals surface area contributed by atoms with Gasteiger partial charge in [0, 0.05) is 19.4 Å². The number of carbonyl (C=O) groups excluding carboxylic acids is 2. The normalized spacial score (nSPS) is 13.4. The van der Waals surface area contributed by atoms with Gasteiger partial charge in [0.25, 0.3) is 0 Å². The van der Waals surface area contributed by atoms with Gasteiger partial charge in [0.15, 0.2) is 6.10 Å². The second kappa shape index (κ2) is 64.6. The minimum atomic E-state index is -4.39. The monoisotopic (exact) mass is 1130 g/mol. The van der Waals surface area contributed by atoms with Crippen molar-refractivity contribution in [3.8, 4) is 0 Å². The summed E-state index contributed by atoms with van der Waals surface area (Å²) in [5.41, 5.74) is 5.40. The predicted octanol–water partition coefficient (Wildman–Crippen LogP) is 21.6. The predicted molar refractivity (Wildman–Crippen MR) is 339 cm³/mol. The van der Waals surface area contributed by atoms with Crippen molar-refractivity contribution in [1.82, 2.24) is 0 Å². The van der Waals surface area contributed by atoms with Crippen LogP contribution in [0.4, 0.5) is 0 Å². The summed E-state index contributed by atoms with van der Waals surface area (Å²) in [6.45, 7) is 3.67. The third-order valence-corrected chi connectivity index (χ3v) is 15.6. The van der Waals surface area contributed by atoms with Crippen molar-refractivity contribution >= 4 is 19.8 Å². The molecule has 0 aromatic heterocycles. The van der Waals surface area contributed by atoms with E-state index < -0.39 is 26.5 Å². The number of ether oxygens (including phenoxy) is 2. The molecular formula is C69H126NO8P. The van der Waals surface area contributed by atoms with E-state index in [1.165, 1.54) is 218 Å². The van der Waals surface area contributed by atoms with Crippen LogP contribution < -0.4 is 5.73 Å². The number of nitrogens with two attached hydrogens (primary N) is 1. The molecule has 0 rings (SSSR count). The quantitative estimate of drug-likeness (QED) is 0.0264. The van der Waals surface area contributed by atoms with E-state index in [2.05, 4.69) is 86.8 Å². The average Bonchev–Trinajstić information content (AvgIpc) is 3.44. The molecule has 0 radical (unpaired) electrons. The molecule has 0 fully saturated rings. The van der Waals surface area contributed by atoms with E-state index in [0.717, 1.165) is 70.6 Å². The number of unbranched alkanes of at least 4 members (excludes halogenated alkanes) is 38. The van der Waals surface area contributed by atoms with Crippen molar-refractivity contribution in [2.75, 3.05) is 26.4 Å². The van der Waals surface area contributed by atoms with E-state index in [9.17, 15) is 19.0 Å². The summed E-state index contributed by atoms with van der Waals surface area (Å²) >= 11 is 0. The fourth-order valence-corrected chi connectivity index (χ4v) is 10.4. The lowest BCUT2D eigenvalue weighted by Gasteiger charge is -2.19. The molecule has 0 aliphatic carbocycles. The number of esters is 2. The summed E-state index contributed by atoms with van der Waals surface area (Å²) < 4.78 is 33.2. The lowest BCUT2D eigenvalue weighted by Crippen LogP contribution is -2.29. The molecule has 79 heavy (non-hydrogen) atoms. The highest BCUT2D eigenvalue weighted by molar-refractivity contribution is 7.47. The van der Waals surface area contributed by atoms with Gasteiger partial charge in [-0.1, -0.05) is 299 Å². The molecule has 460 valence electrons. The highest BCUT2D eigenvalue weighted by Crippen LogP contribution is 2.43. The van der Waals surface area contributed by atoms with Crippen LogP contribution in [0.1, 0.15) is 322 Å². The van der Waals surface area contributed by atoms with Crippen LogP contribution in [-0.2, 0) is 32.7 Å². The van der Waals surface area contributed by atoms with Gasteiger partial charge >= 0.3 is 19.8 Å². The zero-order chi connectivity index (χ0) is 57.3. The molecule has 3 N–H and O–H groups in total. The van der Waals surface area contributed by atoms with Crippen LogP contribution in [0.5, 0.6) is 0 Å². The number of carbonyl (C=O) groups is 2. The van der Waals surface area contributed by atoms with Gasteiger partial charge in [0.1, 0.15) is 6.61 Å². The third-order valence-electron chi connectivity index (χ3n) is 14.6. The SMILES string of the molecule is CC/C=C\C/C=C\C/C=C\C/C=C\CCCCCCCCCCCCCCCCCCC(=O)OC(COC(=O)CCCCCCCCCCCCCCCCCCC/C=C\C/C=C\CCCCCCC)COP(=O)(O)OCCN. The van der Waals surface area contributed by atoms with Gasteiger partial charge in [-0.2, -0.15) is 0 Å². The first-order valence-corrected chi connectivity index (χ1v) is 34.9. The molecule has 0 aliphatic rings. The van der Waals surface area contributed by atoms with Crippen molar-refractivity contribution < 1.29 is 37.6 Å². The fourth-order valence-electron chi connectivity index (χ4n) is 9.66. The molecule has 0 saturated heterocycles. The van der Waals surface area contributed by atoms with Gasteiger partial charge in [-0.05, 0) is 83.5 Å². The van der Waals surface area contributed by atoms with Crippen molar-refractivity contribution in [3.05, 3.63) is 72.9 Å². The summed E-state index contributed by atoms with van der Waals surface area (Å²) in [5.74, 6) is -0.814. The molecule has 2 unspecified atom stereocenters. The van der Waals surface area contributed by atoms with Crippen molar-refractivity contribution in [3.63, 3.8) is 0 Å². The molecule has 0 aromatic rings. The lowest BCUT2D eigenvalue weighted by atomic mass is 10.0. The number of phosphoric ester groups is 1. The molecule has 0 heterocycles. The smallest absolute Gasteiger partial charge is 0.462 e. The van der Waals surface area contributed by atoms with Crippen molar-refractivity contribution in [1.29, 1.82) is 0 Å². The van der Waals surface area contributed by atoms with Gasteiger partial charge in [-0.15, -0.1) is 0 Å². The minimum Gasteiger partial charge on any atom is -0.462 e. The van der Waals surface area contributed by atoms with Crippen LogP contribution in [0.25, 0.3) is 0 Å². The first-order valence-electron chi connectivity index (χ1n) is 33.4. The molecule has 0 saturated carbocycles. The Kier molecular flexibility index (Phi) is 62.5. The van der Waals surface area contributed by atoms with E-state index in [1.807, 2.05) is 0 Å². The number of allylic oxidation sites excluding steroid dienone is 12. The number of rotatable bonds is 63. The highest BCUT2D eigenvalue weighted by Gasteiger charge is 2.26. The highest BCUT2D eigenvalue weighted by atomic mass is 31.2. The Bertz CT molecular complexity index is 1520. The molecule has 0 spiro atoms. The summed E-state index contributed by atoms with van der Waals surface area (Å²) in [4.78, 5) is 35.3. The number of hydrogen-bond acceptors (Lipinski definition) is 8. The summed E-state index contributed by atoms with van der Waals surface area (Å²) in [6.07, 6.45) is 84.1. The van der Waals surface area contributed by atoms with Crippen molar-refractivity contribution in [2.24, 2.45) is 5.73 Å². The summed E-state index contributed by atoms with van der Waals surface area (Å²) in [5, 5.41) is 0. The van der Waals surface area contributed by atoms with E-state index in [1.54, 1.807) is 0 Å². The first kappa shape index (κ1) is 76.5.